The van der Waals surface area contributed by atoms with Crippen LogP contribution in [0.15, 0.2) is 12.1 Å². The van der Waals surface area contributed by atoms with Crippen LogP contribution < -0.4 is 0 Å². The molecule has 0 fully saturated rings. The van der Waals surface area contributed by atoms with Crippen LogP contribution >= 0.6 is 10.7 Å². The third kappa shape index (κ3) is 2.65. The Morgan fingerprint density at radius 1 is 1.36 bits per heavy atom. The minimum atomic E-state index is -3.95. The molecule has 0 saturated heterocycles. The Kier molecular flexibility index (Phi) is 3.11. The fourth-order valence-electron chi connectivity index (χ4n) is 1.02. The number of halogens is 3. The van der Waals surface area contributed by atoms with E-state index in [2.05, 4.69) is 0 Å². The van der Waals surface area contributed by atoms with E-state index in [0.29, 0.717) is 0 Å². The van der Waals surface area contributed by atoms with E-state index in [0.717, 1.165) is 6.07 Å². The highest BCUT2D eigenvalue weighted by atomic mass is 35.7. The van der Waals surface area contributed by atoms with Gasteiger partial charge in [0.25, 0.3) is 0 Å². The van der Waals surface area contributed by atoms with Crippen molar-refractivity contribution in [2.24, 2.45) is 0 Å². The van der Waals surface area contributed by atoms with E-state index in [9.17, 15) is 17.2 Å². The van der Waals surface area contributed by atoms with E-state index < -0.39 is 32.0 Å². The fourth-order valence-corrected chi connectivity index (χ4v) is 1.96. The van der Waals surface area contributed by atoms with Crippen LogP contribution in [0.25, 0.3) is 0 Å². The average Bonchev–Trinajstić information content (AvgIpc) is 2.04. The van der Waals surface area contributed by atoms with Gasteiger partial charge in [0.1, 0.15) is 11.6 Å². The highest BCUT2D eigenvalue weighted by molar-refractivity contribution is 8.13. The van der Waals surface area contributed by atoms with E-state index in [1.807, 2.05) is 0 Å². The monoisotopic (exact) mass is 240 g/mol. The molecule has 0 heterocycles. The summed E-state index contributed by atoms with van der Waals surface area (Å²) in [5.74, 6) is -2.61. The van der Waals surface area contributed by atoms with E-state index in [-0.39, 0.29) is 5.56 Å². The van der Waals surface area contributed by atoms with Gasteiger partial charge in [0.05, 0.1) is 5.75 Å². The third-order valence-corrected chi connectivity index (χ3v) is 2.66. The zero-order valence-corrected chi connectivity index (χ0v) is 8.79. The molecule has 0 aliphatic rings. The maximum atomic E-state index is 13.2. The van der Waals surface area contributed by atoms with Crippen molar-refractivity contribution in [1.29, 1.82) is 0 Å². The zero-order chi connectivity index (χ0) is 10.9. The van der Waals surface area contributed by atoms with Crippen molar-refractivity contribution in [2.45, 2.75) is 12.7 Å². The Morgan fingerprint density at radius 2 is 1.93 bits per heavy atom. The molecule has 1 aromatic rings. The molecular formula is C8H7ClF2O2S. The summed E-state index contributed by atoms with van der Waals surface area (Å²) in [4.78, 5) is 0. The second-order valence-electron chi connectivity index (χ2n) is 2.84. The highest BCUT2D eigenvalue weighted by Gasteiger charge is 2.17. The van der Waals surface area contributed by atoms with Crippen molar-refractivity contribution in [1.82, 2.24) is 0 Å². The summed E-state index contributed by atoms with van der Waals surface area (Å²) in [6, 6.07) is 2.24. The van der Waals surface area contributed by atoms with E-state index >= 15 is 0 Å². The number of hydrogen-bond acceptors (Lipinski definition) is 2. The topological polar surface area (TPSA) is 34.1 Å². The summed E-state index contributed by atoms with van der Waals surface area (Å²) < 4.78 is 47.5. The van der Waals surface area contributed by atoms with Gasteiger partial charge in [-0.05, 0) is 18.6 Å². The molecule has 0 radical (unpaired) electrons. The van der Waals surface area contributed by atoms with Crippen LogP contribution in [0.2, 0.25) is 0 Å². The lowest BCUT2D eigenvalue weighted by Crippen LogP contribution is -2.03. The molecule has 0 amide bonds. The first-order valence-corrected chi connectivity index (χ1v) is 6.15. The van der Waals surface area contributed by atoms with Crippen molar-refractivity contribution < 1.29 is 17.2 Å². The van der Waals surface area contributed by atoms with Gasteiger partial charge in [-0.1, -0.05) is 6.07 Å². The first-order valence-electron chi connectivity index (χ1n) is 3.67. The van der Waals surface area contributed by atoms with Crippen molar-refractivity contribution in [3.05, 3.63) is 34.9 Å². The molecule has 0 unspecified atom stereocenters. The van der Waals surface area contributed by atoms with Crippen molar-refractivity contribution >= 4 is 19.7 Å². The highest BCUT2D eigenvalue weighted by Crippen LogP contribution is 2.20. The SMILES string of the molecule is Cc1ccc(F)c(CS(=O)(=O)Cl)c1F. The van der Waals surface area contributed by atoms with Crippen LogP contribution in [-0.2, 0) is 14.8 Å². The summed E-state index contributed by atoms with van der Waals surface area (Å²) in [5.41, 5.74) is -0.332. The summed E-state index contributed by atoms with van der Waals surface area (Å²) in [5, 5.41) is 0. The van der Waals surface area contributed by atoms with Crippen molar-refractivity contribution in [3.63, 3.8) is 0 Å². The van der Waals surface area contributed by atoms with Gasteiger partial charge in [-0.15, -0.1) is 0 Å². The molecule has 2 nitrogen and oxygen atoms in total. The van der Waals surface area contributed by atoms with Crippen molar-refractivity contribution in [2.75, 3.05) is 0 Å². The Bertz CT molecular complexity index is 457. The van der Waals surface area contributed by atoms with Crippen molar-refractivity contribution in [3.8, 4) is 0 Å². The molecule has 6 heteroatoms. The molecule has 78 valence electrons. The Morgan fingerprint density at radius 3 is 2.43 bits per heavy atom. The van der Waals surface area contributed by atoms with Crippen LogP contribution in [0, 0.1) is 18.6 Å². The van der Waals surface area contributed by atoms with Gasteiger partial charge in [-0.25, -0.2) is 17.2 Å². The van der Waals surface area contributed by atoms with E-state index in [4.69, 9.17) is 10.7 Å². The maximum absolute atomic E-state index is 13.2. The molecular weight excluding hydrogens is 234 g/mol. The second-order valence-corrected chi connectivity index (χ2v) is 5.62. The van der Waals surface area contributed by atoms with Gasteiger partial charge >= 0.3 is 0 Å². The van der Waals surface area contributed by atoms with Gasteiger partial charge < -0.3 is 0 Å². The van der Waals surface area contributed by atoms with Gasteiger partial charge in [0.2, 0.25) is 9.05 Å². The van der Waals surface area contributed by atoms with Crippen LogP contribution in [0.4, 0.5) is 8.78 Å². The van der Waals surface area contributed by atoms with Gasteiger partial charge in [-0.2, -0.15) is 0 Å². The molecule has 0 bridgehead atoms. The summed E-state index contributed by atoms with van der Waals surface area (Å²) in [6.07, 6.45) is 0. The summed E-state index contributed by atoms with van der Waals surface area (Å²) in [7, 11) is 0.956. The predicted octanol–water partition coefficient (Wildman–Crippen LogP) is 2.34. The molecule has 1 aromatic carbocycles. The van der Waals surface area contributed by atoms with Crippen LogP contribution in [-0.4, -0.2) is 8.42 Å². The Hall–Kier alpha value is -0.680. The van der Waals surface area contributed by atoms with Crippen LogP contribution in [0.3, 0.4) is 0 Å². The molecule has 0 aromatic heterocycles. The quantitative estimate of drug-likeness (QED) is 0.744. The lowest BCUT2D eigenvalue weighted by molar-refractivity contribution is 0.554. The van der Waals surface area contributed by atoms with Gasteiger partial charge in [0, 0.05) is 16.2 Å². The number of rotatable bonds is 2. The first kappa shape index (κ1) is 11.4. The largest absolute Gasteiger partial charge is 0.236 e. The number of hydrogen-bond donors (Lipinski definition) is 0. The number of aryl methyl sites for hydroxylation is 1. The molecule has 0 atom stereocenters. The third-order valence-electron chi connectivity index (χ3n) is 1.70. The summed E-state index contributed by atoms with van der Waals surface area (Å²) >= 11 is 0. The molecule has 0 aliphatic carbocycles. The zero-order valence-electron chi connectivity index (χ0n) is 7.22. The van der Waals surface area contributed by atoms with E-state index in [1.165, 1.54) is 13.0 Å². The standard InChI is InChI=1S/C8H7ClF2O2S/c1-5-2-3-7(10)6(8(5)11)4-14(9,12)13/h2-3H,4H2,1H3. The minimum Gasteiger partial charge on any atom is -0.212 e. The molecule has 0 saturated carbocycles. The smallest absolute Gasteiger partial charge is 0.212 e. The molecule has 14 heavy (non-hydrogen) atoms. The minimum absolute atomic E-state index is 0.182. The summed E-state index contributed by atoms with van der Waals surface area (Å²) in [6.45, 7) is 1.42. The Balaban J connectivity index is 3.27. The normalized spacial score (nSPS) is 11.7. The maximum Gasteiger partial charge on any atom is 0.236 e. The molecule has 1 rings (SSSR count). The predicted molar refractivity (Wildman–Crippen MR) is 49.6 cm³/mol. The molecule has 0 spiro atoms. The Labute approximate surface area is 84.9 Å². The lowest BCUT2D eigenvalue weighted by Gasteiger charge is -2.04. The average molecular weight is 241 g/mol. The fraction of sp³-hybridized carbons (Fsp3) is 0.250. The first-order chi connectivity index (χ1) is 6.31. The van der Waals surface area contributed by atoms with Crippen LogP contribution in [0.5, 0.6) is 0 Å². The van der Waals surface area contributed by atoms with Gasteiger partial charge in [0.15, 0.2) is 0 Å². The number of benzene rings is 1. The van der Waals surface area contributed by atoms with E-state index in [1.54, 1.807) is 0 Å². The molecule has 0 aliphatic heterocycles. The second kappa shape index (κ2) is 3.82. The van der Waals surface area contributed by atoms with Crippen LogP contribution in [0.1, 0.15) is 11.1 Å². The van der Waals surface area contributed by atoms with Gasteiger partial charge in [-0.3, -0.25) is 0 Å². The molecule has 0 N–H and O–H groups in total. The lowest BCUT2D eigenvalue weighted by atomic mass is 10.1.